The van der Waals surface area contributed by atoms with Crippen LogP contribution in [0.2, 0.25) is 0 Å². The summed E-state index contributed by atoms with van der Waals surface area (Å²) in [5, 5.41) is 7.78. The molecule has 1 aliphatic heterocycles. The van der Waals surface area contributed by atoms with Crippen LogP contribution in [-0.2, 0) is 14.5 Å². The van der Waals surface area contributed by atoms with Crippen LogP contribution >= 0.6 is 0 Å². The number of benzene rings is 1. The van der Waals surface area contributed by atoms with Gasteiger partial charge in [0.1, 0.15) is 0 Å². The van der Waals surface area contributed by atoms with Crippen LogP contribution < -0.4 is 0 Å². The van der Waals surface area contributed by atoms with E-state index in [0.29, 0.717) is 6.42 Å². The Morgan fingerprint density at radius 2 is 2.18 bits per heavy atom. The number of nitrogens with zero attached hydrogens (tertiary/aromatic N) is 2. The van der Waals surface area contributed by atoms with Crippen molar-refractivity contribution in [2.75, 3.05) is 0 Å². The first kappa shape index (κ1) is 16.2. The van der Waals surface area contributed by atoms with Gasteiger partial charge in [0.15, 0.2) is 0 Å². The molecule has 1 aliphatic rings. The Bertz CT molecular complexity index is 629. The first-order valence-electron chi connectivity index (χ1n) is 7.28. The second kappa shape index (κ2) is 5.91. The Morgan fingerprint density at radius 3 is 2.77 bits per heavy atom. The predicted molar refractivity (Wildman–Crippen MR) is 85.9 cm³/mol. The number of carbonyl (C=O) groups excluding carboxylic acids is 1. The van der Waals surface area contributed by atoms with Gasteiger partial charge >= 0.3 is 5.97 Å². The molecule has 0 aliphatic carbocycles. The topological polar surface area (TPSA) is 60.2 Å². The highest BCUT2D eigenvalue weighted by Crippen LogP contribution is 2.32. The number of rotatable bonds is 3. The van der Waals surface area contributed by atoms with Crippen LogP contribution in [0.25, 0.3) is 0 Å². The molecule has 1 atom stereocenters. The van der Waals surface area contributed by atoms with Crippen LogP contribution in [-0.4, -0.2) is 23.5 Å². The SMILES string of the molecule is Cc1cccc(/C=N/OC(=O)C2(C)CC(C(C)(C)C)=NO2)c1. The zero-order valence-electron chi connectivity index (χ0n) is 13.7. The van der Waals surface area contributed by atoms with Crippen LogP contribution in [0.3, 0.4) is 0 Å². The minimum Gasteiger partial charge on any atom is -0.377 e. The van der Waals surface area contributed by atoms with Crippen molar-refractivity contribution in [3.8, 4) is 0 Å². The third kappa shape index (κ3) is 3.72. The van der Waals surface area contributed by atoms with Gasteiger partial charge in [0.25, 0.3) is 0 Å². The monoisotopic (exact) mass is 302 g/mol. The maximum Gasteiger partial charge on any atom is 0.381 e. The zero-order chi connectivity index (χ0) is 16.4. The van der Waals surface area contributed by atoms with E-state index >= 15 is 0 Å². The molecule has 5 heteroatoms. The zero-order valence-corrected chi connectivity index (χ0v) is 13.7. The fourth-order valence-corrected chi connectivity index (χ4v) is 2.03. The van der Waals surface area contributed by atoms with Crippen LogP contribution in [0.4, 0.5) is 0 Å². The van der Waals surface area contributed by atoms with E-state index < -0.39 is 11.6 Å². The fraction of sp³-hybridized carbons (Fsp3) is 0.471. The van der Waals surface area contributed by atoms with E-state index in [4.69, 9.17) is 9.68 Å². The van der Waals surface area contributed by atoms with Gasteiger partial charge in [0.05, 0.1) is 11.9 Å². The smallest absolute Gasteiger partial charge is 0.377 e. The van der Waals surface area contributed by atoms with E-state index in [1.807, 2.05) is 52.0 Å². The molecule has 0 radical (unpaired) electrons. The molecule has 1 aromatic carbocycles. The average molecular weight is 302 g/mol. The first-order valence-corrected chi connectivity index (χ1v) is 7.28. The summed E-state index contributed by atoms with van der Waals surface area (Å²) in [6.45, 7) is 9.74. The summed E-state index contributed by atoms with van der Waals surface area (Å²) >= 11 is 0. The molecule has 0 bridgehead atoms. The lowest BCUT2D eigenvalue weighted by molar-refractivity contribution is -0.167. The van der Waals surface area contributed by atoms with Crippen molar-refractivity contribution in [2.24, 2.45) is 15.7 Å². The Hall–Kier alpha value is -2.17. The molecule has 0 fully saturated rings. The minimum absolute atomic E-state index is 0.136. The summed E-state index contributed by atoms with van der Waals surface area (Å²) in [4.78, 5) is 22.4. The first-order chi connectivity index (χ1) is 10.2. The van der Waals surface area contributed by atoms with Gasteiger partial charge in [-0.3, -0.25) is 0 Å². The Balaban J connectivity index is 1.96. The van der Waals surface area contributed by atoms with E-state index in [-0.39, 0.29) is 5.41 Å². The van der Waals surface area contributed by atoms with Gasteiger partial charge in [-0.1, -0.05) is 60.9 Å². The van der Waals surface area contributed by atoms with E-state index in [1.165, 1.54) is 6.21 Å². The standard InChI is InChI=1S/C17H22N2O3/c1-12-7-6-8-13(9-12)11-18-21-15(20)17(5)10-14(19-22-17)16(2,3)4/h6-9,11H,10H2,1-5H3/b18-11+. The van der Waals surface area contributed by atoms with E-state index in [9.17, 15) is 4.79 Å². The second-order valence-electron chi connectivity index (χ2n) is 6.81. The number of hydrogen-bond acceptors (Lipinski definition) is 5. The van der Waals surface area contributed by atoms with Crippen molar-refractivity contribution >= 4 is 17.9 Å². The molecule has 118 valence electrons. The summed E-state index contributed by atoms with van der Waals surface area (Å²) in [7, 11) is 0. The van der Waals surface area contributed by atoms with Crippen molar-refractivity contribution < 1.29 is 14.5 Å². The molecule has 0 aromatic heterocycles. The lowest BCUT2D eigenvalue weighted by atomic mass is 9.84. The summed E-state index contributed by atoms with van der Waals surface area (Å²) in [6.07, 6.45) is 1.92. The average Bonchev–Trinajstić information content (AvgIpc) is 2.83. The van der Waals surface area contributed by atoms with Gasteiger partial charge < -0.3 is 9.68 Å². The molecule has 0 N–H and O–H groups in total. The predicted octanol–water partition coefficient (Wildman–Crippen LogP) is 3.45. The van der Waals surface area contributed by atoms with Gasteiger partial charge in [-0.25, -0.2) is 4.79 Å². The Kier molecular flexibility index (Phi) is 4.35. The Labute approximate surface area is 131 Å². The molecule has 0 saturated heterocycles. The highest BCUT2D eigenvalue weighted by atomic mass is 16.7. The van der Waals surface area contributed by atoms with E-state index in [1.54, 1.807) is 6.92 Å². The van der Waals surface area contributed by atoms with Crippen LogP contribution in [0.1, 0.15) is 45.2 Å². The number of oxime groups is 2. The van der Waals surface area contributed by atoms with Gasteiger partial charge in [-0.05, 0) is 19.4 Å². The maximum absolute atomic E-state index is 12.2. The summed E-state index contributed by atoms with van der Waals surface area (Å²) in [6, 6.07) is 7.75. The van der Waals surface area contributed by atoms with Crippen LogP contribution in [0, 0.1) is 12.3 Å². The molecular formula is C17H22N2O3. The highest BCUT2D eigenvalue weighted by molar-refractivity contribution is 5.96. The molecule has 1 unspecified atom stereocenters. The number of hydrogen-bond donors (Lipinski definition) is 0. The maximum atomic E-state index is 12.2. The molecule has 0 spiro atoms. The molecule has 0 saturated carbocycles. The lowest BCUT2D eigenvalue weighted by Gasteiger charge is -2.20. The second-order valence-corrected chi connectivity index (χ2v) is 6.81. The third-order valence-electron chi connectivity index (χ3n) is 3.54. The van der Waals surface area contributed by atoms with Crippen molar-refractivity contribution in [3.63, 3.8) is 0 Å². The molecule has 2 rings (SSSR count). The highest BCUT2D eigenvalue weighted by Gasteiger charge is 2.46. The molecule has 5 nitrogen and oxygen atoms in total. The fourth-order valence-electron chi connectivity index (χ4n) is 2.03. The Morgan fingerprint density at radius 1 is 1.45 bits per heavy atom. The van der Waals surface area contributed by atoms with Crippen LogP contribution in [0.5, 0.6) is 0 Å². The number of aryl methyl sites for hydroxylation is 1. The van der Waals surface area contributed by atoms with Crippen molar-refractivity contribution in [1.29, 1.82) is 0 Å². The van der Waals surface area contributed by atoms with Gasteiger partial charge in [-0.15, -0.1) is 0 Å². The largest absolute Gasteiger partial charge is 0.381 e. The third-order valence-corrected chi connectivity index (χ3v) is 3.54. The van der Waals surface area contributed by atoms with Gasteiger partial charge in [-0.2, -0.15) is 0 Å². The normalized spacial score (nSPS) is 21.6. The molecule has 22 heavy (non-hydrogen) atoms. The summed E-state index contributed by atoms with van der Waals surface area (Å²) in [5.41, 5.74) is 1.59. The lowest BCUT2D eigenvalue weighted by Crippen LogP contribution is -2.37. The molecular weight excluding hydrogens is 280 g/mol. The van der Waals surface area contributed by atoms with Gasteiger partial charge in [0, 0.05) is 11.8 Å². The van der Waals surface area contributed by atoms with E-state index in [2.05, 4.69) is 10.3 Å². The minimum atomic E-state index is -1.10. The van der Waals surface area contributed by atoms with Crippen molar-refractivity contribution in [3.05, 3.63) is 35.4 Å². The molecule has 1 heterocycles. The molecule has 1 aromatic rings. The van der Waals surface area contributed by atoms with Crippen LogP contribution in [0.15, 0.2) is 34.6 Å². The van der Waals surface area contributed by atoms with Crippen molar-refractivity contribution in [2.45, 2.75) is 46.6 Å². The number of carbonyl (C=O) groups is 1. The summed E-state index contributed by atoms with van der Waals surface area (Å²) in [5.74, 6) is -0.542. The van der Waals surface area contributed by atoms with Gasteiger partial charge in [0.2, 0.25) is 5.60 Å². The summed E-state index contributed by atoms with van der Waals surface area (Å²) < 4.78 is 0. The molecule has 0 amide bonds. The van der Waals surface area contributed by atoms with E-state index in [0.717, 1.165) is 16.8 Å². The quantitative estimate of drug-likeness (QED) is 0.488. The van der Waals surface area contributed by atoms with Crippen molar-refractivity contribution in [1.82, 2.24) is 0 Å².